The van der Waals surface area contributed by atoms with Crippen LogP contribution in [-0.2, 0) is 10.2 Å². The van der Waals surface area contributed by atoms with E-state index in [1.807, 2.05) is 54.6 Å². The molecule has 3 aromatic carbocycles. The summed E-state index contributed by atoms with van der Waals surface area (Å²) < 4.78 is 23.7. The molecule has 0 radical (unpaired) electrons. The van der Waals surface area contributed by atoms with Crippen molar-refractivity contribution in [2.45, 2.75) is 30.5 Å². The van der Waals surface area contributed by atoms with Gasteiger partial charge in [0.05, 0.1) is 17.0 Å². The van der Waals surface area contributed by atoms with Gasteiger partial charge in [-0.3, -0.25) is 0 Å². The van der Waals surface area contributed by atoms with Crippen molar-refractivity contribution in [1.29, 1.82) is 5.26 Å². The van der Waals surface area contributed by atoms with Gasteiger partial charge in [0, 0.05) is 27.8 Å². The van der Waals surface area contributed by atoms with Gasteiger partial charge in [0.2, 0.25) is 0 Å². The largest absolute Gasteiger partial charge is 0.483 e. The number of hydrogen-bond acceptors (Lipinski definition) is 2. The first-order valence-electron chi connectivity index (χ1n) is 11.9. The van der Waals surface area contributed by atoms with E-state index >= 15 is 4.39 Å². The third kappa shape index (κ3) is 2.52. The van der Waals surface area contributed by atoms with Crippen LogP contribution < -0.4 is 0 Å². The van der Waals surface area contributed by atoms with Crippen LogP contribution in [0.25, 0.3) is 21.9 Å². The van der Waals surface area contributed by atoms with Gasteiger partial charge in [0.25, 0.3) is 0 Å². The van der Waals surface area contributed by atoms with Crippen LogP contribution in [0.15, 0.2) is 101 Å². The Bertz CT molecular complexity index is 1620. The maximum atomic E-state index is 16.2. The van der Waals surface area contributed by atoms with Crippen LogP contribution in [0.5, 0.6) is 0 Å². The first kappa shape index (κ1) is 20.9. The zero-order chi connectivity index (χ0) is 23.9. The molecule has 4 heteroatoms. The molecule has 0 fully saturated rings. The van der Waals surface area contributed by atoms with E-state index in [4.69, 9.17) is 4.74 Å². The molecule has 170 valence electrons. The highest BCUT2D eigenvalue weighted by Gasteiger charge is 2.62. The summed E-state index contributed by atoms with van der Waals surface area (Å²) in [5, 5.41) is 12.1. The van der Waals surface area contributed by atoms with Crippen molar-refractivity contribution in [3.8, 4) is 17.2 Å². The first-order chi connectivity index (χ1) is 17.0. The molecule has 0 amide bonds. The van der Waals surface area contributed by atoms with E-state index in [9.17, 15) is 5.26 Å². The van der Waals surface area contributed by atoms with Gasteiger partial charge in [-0.25, -0.2) is 4.39 Å². The Morgan fingerprint density at radius 2 is 1.91 bits per heavy atom. The Hall–Kier alpha value is -3.42. The number of rotatable bonds is 0. The molecule has 35 heavy (non-hydrogen) atoms. The Labute approximate surface area is 211 Å². The van der Waals surface area contributed by atoms with E-state index in [-0.39, 0.29) is 5.92 Å². The molecule has 1 heterocycles. The van der Waals surface area contributed by atoms with E-state index in [2.05, 4.69) is 59.3 Å². The van der Waals surface area contributed by atoms with Crippen molar-refractivity contribution in [1.82, 2.24) is 0 Å². The summed E-state index contributed by atoms with van der Waals surface area (Å²) in [6, 6.07) is 18.8. The number of benzene rings is 3. The van der Waals surface area contributed by atoms with E-state index < -0.39 is 17.2 Å². The first-order valence-corrected chi connectivity index (χ1v) is 12.7. The number of ether oxygens (including phenoxy) is 1. The summed E-state index contributed by atoms with van der Waals surface area (Å²) in [6.07, 6.45) is 11.2. The lowest BCUT2D eigenvalue weighted by molar-refractivity contribution is -0.0162. The molecule has 0 N–H and O–H groups in total. The van der Waals surface area contributed by atoms with Crippen LogP contribution in [0.1, 0.15) is 30.0 Å². The minimum absolute atomic E-state index is 0.183. The van der Waals surface area contributed by atoms with Crippen LogP contribution in [-0.4, -0.2) is 11.8 Å². The molecule has 1 spiro atoms. The average molecular weight is 522 g/mol. The fourth-order valence-electron chi connectivity index (χ4n) is 6.89. The molecular formula is C31H21BrFNO. The predicted molar refractivity (Wildman–Crippen MR) is 140 cm³/mol. The average Bonchev–Trinajstić information content (AvgIpc) is 3.13. The van der Waals surface area contributed by atoms with Crippen LogP contribution in [0.2, 0.25) is 0 Å². The summed E-state index contributed by atoms with van der Waals surface area (Å²) in [7, 11) is 0. The summed E-state index contributed by atoms with van der Waals surface area (Å²) in [6.45, 7) is 2.08. The molecule has 4 atom stereocenters. The molecule has 3 aliphatic carbocycles. The lowest BCUT2D eigenvalue weighted by atomic mass is 9.55. The molecule has 2 nitrogen and oxygen atoms in total. The molecule has 7 rings (SSSR count). The fourth-order valence-corrected chi connectivity index (χ4v) is 7.25. The minimum Gasteiger partial charge on any atom is -0.483 e. The third-order valence-electron chi connectivity index (χ3n) is 8.14. The molecular weight excluding hydrogens is 501 g/mol. The van der Waals surface area contributed by atoms with Gasteiger partial charge < -0.3 is 4.74 Å². The zero-order valence-electron chi connectivity index (χ0n) is 19.1. The second-order valence-electron chi connectivity index (χ2n) is 9.89. The normalized spacial score (nSPS) is 29.4. The van der Waals surface area contributed by atoms with Gasteiger partial charge >= 0.3 is 0 Å². The minimum atomic E-state index is -1.18. The van der Waals surface area contributed by atoms with E-state index in [1.165, 1.54) is 0 Å². The Morgan fingerprint density at radius 3 is 2.74 bits per heavy atom. The highest BCUT2D eigenvalue weighted by Crippen LogP contribution is 2.66. The molecule has 0 saturated heterocycles. The topological polar surface area (TPSA) is 33.0 Å². The van der Waals surface area contributed by atoms with Gasteiger partial charge in [-0.1, -0.05) is 70.6 Å². The summed E-state index contributed by atoms with van der Waals surface area (Å²) in [5.74, 6) is 0.424. The monoisotopic (exact) mass is 521 g/mol. The lowest BCUT2D eigenvalue weighted by Gasteiger charge is -2.54. The fraction of sp³-hybridized carbons (Fsp3) is 0.194. The number of alkyl halides is 1. The Kier molecular flexibility index (Phi) is 4.22. The molecule has 3 aromatic rings. The standard InChI is InChI=1S/C31H21BrFNO/c1-30-14-5-4-11-27(30)31(29-25(33)9-6-10-26(29)35-30)23-13-12-19(32)16-22(23)28-21-8-3-2-7-20(21)18(17-34)15-24(28)31/h2-8,10-16,25,27H,9H2,1H3. The van der Waals surface area contributed by atoms with E-state index in [0.717, 1.165) is 37.5 Å². The van der Waals surface area contributed by atoms with Crippen molar-refractivity contribution in [2.24, 2.45) is 5.92 Å². The second kappa shape index (κ2) is 7.06. The van der Waals surface area contributed by atoms with Crippen molar-refractivity contribution in [3.63, 3.8) is 0 Å². The summed E-state index contributed by atoms with van der Waals surface area (Å²) in [4.78, 5) is 0. The van der Waals surface area contributed by atoms with Gasteiger partial charge in [-0.05, 0) is 64.9 Å². The Morgan fingerprint density at radius 1 is 1.09 bits per heavy atom. The van der Waals surface area contributed by atoms with E-state index in [0.29, 0.717) is 23.3 Å². The molecule has 0 bridgehead atoms. The third-order valence-corrected chi connectivity index (χ3v) is 8.63. The highest BCUT2D eigenvalue weighted by atomic mass is 79.9. The molecule has 1 aliphatic heterocycles. The molecule has 0 saturated carbocycles. The zero-order valence-corrected chi connectivity index (χ0v) is 20.6. The maximum absolute atomic E-state index is 16.2. The smallest absolute Gasteiger partial charge is 0.132 e. The van der Waals surface area contributed by atoms with Crippen molar-refractivity contribution < 1.29 is 9.13 Å². The predicted octanol–water partition coefficient (Wildman–Crippen LogP) is 7.82. The lowest BCUT2D eigenvalue weighted by Crippen LogP contribution is -2.55. The Balaban J connectivity index is 1.73. The number of allylic oxidation sites excluding steroid dienone is 5. The number of fused-ring (bicyclic) bond motifs is 10. The molecule has 4 unspecified atom stereocenters. The number of hydrogen-bond donors (Lipinski definition) is 0. The quantitative estimate of drug-likeness (QED) is 0.302. The van der Waals surface area contributed by atoms with Crippen LogP contribution in [0.4, 0.5) is 4.39 Å². The number of nitriles is 1. The summed E-state index contributed by atoms with van der Waals surface area (Å²) >= 11 is 3.68. The van der Waals surface area contributed by atoms with E-state index in [1.54, 1.807) is 0 Å². The van der Waals surface area contributed by atoms with Crippen LogP contribution >= 0.6 is 15.9 Å². The van der Waals surface area contributed by atoms with Crippen molar-refractivity contribution >= 4 is 26.7 Å². The maximum Gasteiger partial charge on any atom is 0.132 e. The highest BCUT2D eigenvalue weighted by molar-refractivity contribution is 9.10. The SMILES string of the molecule is CC12C=CC=CC1C1(C3=C(C=CCC3F)O2)c2ccc(Br)cc2-c2c1cc(C#N)c1ccccc21. The number of halogens is 2. The second-order valence-corrected chi connectivity index (χ2v) is 10.8. The molecule has 0 aromatic heterocycles. The van der Waals surface area contributed by atoms with Gasteiger partial charge in [-0.15, -0.1) is 0 Å². The van der Waals surface area contributed by atoms with Crippen molar-refractivity contribution in [3.05, 3.63) is 117 Å². The van der Waals surface area contributed by atoms with Crippen molar-refractivity contribution in [2.75, 3.05) is 0 Å². The van der Waals surface area contributed by atoms with Gasteiger partial charge in [0.15, 0.2) is 0 Å². The summed E-state index contributed by atoms with van der Waals surface area (Å²) in [5.41, 5.74) is 4.04. The molecule has 4 aliphatic rings. The van der Waals surface area contributed by atoms with Gasteiger partial charge in [0.1, 0.15) is 17.5 Å². The van der Waals surface area contributed by atoms with Crippen LogP contribution in [0, 0.1) is 17.2 Å². The number of nitrogens with zero attached hydrogens (tertiary/aromatic N) is 1. The van der Waals surface area contributed by atoms with Crippen LogP contribution in [0.3, 0.4) is 0 Å². The van der Waals surface area contributed by atoms with Gasteiger partial charge in [-0.2, -0.15) is 5.26 Å².